The minimum atomic E-state index is -0.0649. The maximum Gasteiger partial charge on any atom is 0.107 e. The topological polar surface area (TPSA) is 35.4 Å². The van der Waals surface area contributed by atoms with E-state index in [0.29, 0.717) is 11.0 Å². The van der Waals surface area contributed by atoms with E-state index in [4.69, 9.17) is 0 Å². The zero-order valence-corrected chi connectivity index (χ0v) is 10.7. The van der Waals surface area contributed by atoms with E-state index in [1.165, 1.54) is 0 Å². The summed E-state index contributed by atoms with van der Waals surface area (Å²) in [6.07, 6.45) is 0. The van der Waals surface area contributed by atoms with Gasteiger partial charge in [-0.2, -0.15) is 0 Å². The molecule has 1 aromatic carbocycles. The van der Waals surface area contributed by atoms with Gasteiger partial charge in [0.2, 0.25) is 0 Å². The van der Waals surface area contributed by atoms with Crippen LogP contribution in [0.25, 0.3) is 0 Å². The Balaban J connectivity index is 2.99. The molecule has 0 saturated carbocycles. The maximum absolute atomic E-state index is 11.8. The number of aliphatic imine (C=N–C) groups is 1. The molecule has 88 valence electrons. The van der Waals surface area contributed by atoms with E-state index in [-0.39, 0.29) is 5.90 Å². The number of nitrogens with zero attached hydrogens (tertiary/aromatic N) is 2. The van der Waals surface area contributed by atoms with Crippen molar-refractivity contribution in [2.75, 3.05) is 27.7 Å². The second-order valence-electron chi connectivity index (χ2n) is 5.19. The highest BCUT2D eigenvalue weighted by Gasteiger charge is 2.06. The van der Waals surface area contributed by atoms with Crippen LogP contribution >= 0.6 is 0 Å². The van der Waals surface area contributed by atoms with Crippen molar-refractivity contribution >= 4 is 11.6 Å². The zero-order valence-electron chi connectivity index (χ0n) is 10.7. The molecule has 0 N–H and O–H groups in total. The number of para-hydroxylation sites is 1. The average molecular weight is 220 g/mol. The molecule has 1 rings (SSSR count). The minimum Gasteiger partial charge on any atom is -0.858 e. The molecule has 3 nitrogen and oxygen atoms in total. The van der Waals surface area contributed by atoms with Gasteiger partial charge in [0, 0.05) is 5.90 Å². The molecule has 0 atom stereocenters. The zero-order chi connectivity index (χ0) is 12.3. The van der Waals surface area contributed by atoms with Gasteiger partial charge < -0.3 is 9.59 Å². The van der Waals surface area contributed by atoms with E-state index in [1.807, 2.05) is 53.2 Å². The molecule has 1 aromatic rings. The first kappa shape index (κ1) is 12.7. The smallest absolute Gasteiger partial charge is 0.107 e. The summed E-state index contributed by atoms with van der Waals surface area (Å²) < 4.78 is 0.604. The third-order valence-corrected chi connectivity index (χ3v) is 2.29. The number of likely N-dealkylation sites (N-methyl/N-ethyl adjacent to an activating group) is 1. The van der Waals surface area contributed by atoms with Gasteiger partial charge in [0.25, 0.3) is 0 Å². The van der Waals surface area contributed by atoms with E-state index in [1.54, 1.807) is 0 Å². The molecule has 16 heavy (non-hydrogen) atoms. The van der Waals surface area contributed by atoms with Crippen molar-refractivity contribution in [3.63, 3.8) is 0 Å². The van der Waals surface area contributed by atoms with Crippen LogP contribution in [0.5, 0.6) is 0 Å². The van der Waals surface area contributed by atoms with E-state index in [9.17, 15) is 5.11 Å². The standard InChI is InChI=1S/C13H20N2O/c1-10-7-6-8-11(2)13(10)14-12(16)9-15(3,4)5/h6-8H,9H2,1-5H3. The molecule has 0 heterocycles. The van der Waals surface area contributed by atoms with E-state index in [0.717, 1.165) is 16.8 Å². The lowest BCUT2D eigenvalue weighted by atomic mass is 10.1. The Morgan fingerprint density at radius 2 is 1.69 bits per heavy atom. The Kier molecular flexibility index (Phi) is 3.70. The van der Waals surface area contributed by atoms with Crippen LogP contribution in [-0.4, -0.2) is 38.1 Å². The third-order valence-electron chi connectivity index (χ3n) is 2.29. The predicted molar refractivity (Wildman–Crippen MR) is 65.9 cm³/mol. The van der Waals surface area contributed by atoms with Crippen LogP contribution in [0.3, 0.4) is 0 Å². The monoisotopic (exact) mass is 220 g/mol. The summed E-state index contributed by atoms with van der Waals surface area (Å²) in [5.74, 6) is -0.0649. The summed E-state index contributed by atoms with van der Waals surface area (Å²) in [5, 5.41) is 11.8. The molecular weight excluding hydrogens is 200 g/mol. The quantitative estimate of drug-likeness (QED) is 0.431. The fourth-order valence-electron chi connectivity index (χ4n) is 1.55. The summed E-state index contributed by atoms with van der Waals surface area (Å²) in [7, 11) is 5.95. The Morgan fingerprint density at radius 3 is 2.12 bits per heavy atom. The number of aryl methyl sites for hydroxylation is 2. The molecule has 0 unspecified atom stereocenters. The van der Waals surface area contributed by atoms with Gasteiger partial charge in [-0.15, -0.1) is 0 Å². The molecule has 0 aliphatic carbocycles. The number of rotatable bonds is 3. The molecule has 0 fully saturated rings. The predicted octanol–water partition coefficient (Wildman–Crippen LogP) is 1.40. The summed E-state index contributed by atoms with van der Waals surface area (Å²) in [5.41, 5.74) is 2.92. The highest BCUT2D eigenvalue weighted by atomic mass is 16.3. The van der Waals surface area contributed by atoms with E-state index < -0.39 is 0 Å². The second kappa shape index (κ2) is 4.66. The first-order valence-electron chi connectivity index (χ1n) is 5.41. The third kappa shape index (κ3) is 3.66. The lowest BCUT2D eigenvalue weighted by Gasteiger charge is -2.26. The van der Waals surface area contributed by atoms with Crippen molar-refractivity contribution in [1.82, 2.24) is 0 Å². The molecule has 0 bridgehead atoms. The van der Waals surface area contributed by atoms with Gasteiger partial charge in [-0.3, -0.25) is 4.99 Å². The van der Waals surface area contributed by atoms with Crippen LogP contribution in [0, 0.1) is 13.8 Å². The molecule has 0 saturated heterocycles. The average Bonchev–Trinajstić information content (AvgIpc) is 2.08. The number of hydrogen-bond acceptors (Lipinski definition) is 2. The summed E-state index contributed by atoms with van der Waals surface area (Å²) in [6, 6.07) is 5.93. The van der Waals surface area contributed by atoms with Crippen LogP contribution in [0.2, 0.25) is 0 Å². The second-order valence-corrected chi connectivity index (χ2v) is 5.19. The van der Waals surface area contributed by atoms with Crippen molar-refractivity contribution in [1.29, 1.82) is 0 Å². The molecule has 0 aliphatic heterocycles. The molecule has 0 aliphatic rings. The Labute approximate surface area is 97.6 Å². The normalized spacial score (nSPS) is 12.9. The fourth-order valence-corrected chi connectivity index (χ4v) is 1.55. The molecule has 0 radical (unpaired) electrons. The molecule has 0 aromatic heterocycles. The van der Waals surface area contributed by atoms with Gasteiger partial charge >= 0.3 is 0 Å². The molecule has 0 amide bonds. The highest BCUT2D eigenvalue weighted by Crippen LogP contribution is 2.22. The van der Waals surface area contributed by atoms with Gasteiger partial charge in [-0.05, 0) is 25.0 Å². The first-order valence-corrected chi connectivity index (χ1v) is 5.41. The maximum atomic E-state index is 11.8. The highest BCUT2D eigenvalue weighted by molar-refractivity contribution is 5.77. The van der Waals surface area contributed by atoms with Crippen molar-refractivity contribution in [3.8, 4) is 0 Å². The summed E-state index contributed by atoms with van der Waals surface area (Å²) in [4.78, 5) is 4.19. The van der Waals surface area contributed by atoms with Crippen LogP contribution in [0.1, 0.15) is 11.1 Å². The van der Waals surface area contributed by atoms with Crippen molar-refractivity contribution < 1.29 is 9.59 Å². The molecule has 3 heteroatoms. The Bertz CT molecular complexity index is 383. The number of hydrogen-bond donors (Lipinski definition) is 0. The summed E-state index contributed by atoms with van der Waals surface area (Å²) in [6.45, 7) is 4.38. The van der Waals surface area contributed by atoms with E-state index in [2.05, 4.69) is 4.99 Å². The summed E-state index contributed by atoms with van der Waals surface area (Å²) >= 11 is 0. The van der Waals surface area contributed by atoms with Gasteiger partial charge in [0.05, 0.1) is 26.8 Å². The van der Waals surface area contributed by atoms with Crippen LogP contribution < -0.4 is 5.11 Å². The minimum absolute atomic E-state index is 0.0649. The van der Waals surface area contributed by atoms with Crippen LogP contribution in [0.15, 0.2) is 23.2 Å². The Morgan fingerprint density at radius 1 is 1.19 bits per heavy atom. The number of benzene rings is 1. The lowest BCUT2D eigenvalue weighted by Crippen LogP contribution is -2.43. The van der Waals surface area contributed by atoms with Crippen molar-refractivity contribution in [2.45, 2.75) is 13.8 Å². The van der Waals surface area contributed by atoms with Crippen LogP contribution in [0.4, 0.5) is 5.69 Å². The van der Waals surface area contributed by atoms with Crippen LogP contribution in [-0.2, 0) is 0 Å². The van der Waals surface area contributed by atoms with Gasteiger partial charge in [-0.1, -0.05) is 18.2 Å². The fraction of sp³-hybridized carbons (Fsp3) is 0.462. The lowest BCUT2D eigenvalue weighted by molar-refractivity contribution is -0.863. The van der Waals surface area contributed by atoms with Gasteiger partial charge in [0.15, 0.2) is 0 Å². The first-order chi connectivity index (χ1) is 7.29. The Hall–Kier alpha value is -1.35. The van der Waals surface area contributed by atoms with E-state index >= 15 is 0 Å². The van der Waals surface area contributed by atoms with Crippen molar-refractivity contribution in [3.05, 3.63) is 29.3 Å². The largest absolute Gasteiger partial charge is 0.858 e. The van der Waals surface area contributed by atoms with Gasteiger partial charge in [0.1, 0.15) is 6.54 Å². The van der Waals surface area contributed by atoms with Gasteiger partial charge in [-0.25, -0.2) is 0 Å². The van der Waals surface area contributed by atoms with Crippen molar-refractivity contribution in [2.24, 2.45) is 4.99 Å². The SMILES string of the molecule is Cc1cccc(C)c1N=C([O-])C[N+](C)(C)C. The molecule has 0 spiro atoms. The number of quaternary nitrogens is 1. The molecular formula is C13H20N2O.